The van der Waals surface area contributed by atoms with E-state index in [1.807, 2.05) is 0 Å². The topological polar surface area (TPSA) is 93.3 Å². The quantitative estimate of drug-likeness (QED) is 0.602. The molecule has 6 nitrogen and oxygen atoms in total. The van der Waals surface area contributed by atoms with E-state index in [9.17, 15) is 14.9 Å². The lowest BCUT2D eigenvalue weighted by atomic mass is 10.0. The maximum absolute atomic E-state index is 10.7. The molecule has 0 amide bonds. The zero-order valence-corrected chi connectivity index (χ0v) is 8.30. The van der Waals surface area contributed by atoms with Crippen molar-refractivity contribution >= 4 is 11.7 Å². The fourth-order valence-corrected chi connectivity index (χ4v) is 1.24. The molecule has 6 heteroatoms. The van der Waals surface area contributed by atoms with Gasteiger partial charge in [-0.3, -0.25) is 19.9 Å². The molecule has 0 aromatic carbocycles. The lowest BCUT2D eigenvalue weighted by molar-refractivity contribution is -0.385. The minimum absolute atomic E-state index is 0.131. The average Bonchev–Trinajstić information content (AvgIpc) is 2.16. The van der Waals surface area contributed by atoms with Gasteiger partial charge in [0.25, 0.3) is 5.69 Å². The molecule has 0 aliphatic heterocycles. The second-order valence-electron chi connectivity index (χ2n) is 3.21. The van der Waals surface area contributed by atoms with Gasteiger partial charge in [-0.1, -0.05) is 0 Å². The minimum atomic E-state index is -1.00. The molecule has 1 atom stereocenters. The van der Waals surface area contributed by atoms with Crippen LogP contribution in [0.1, 0.15) is 24.1 Å². The highest BCUT2D eigenvalue weighted by Crippen LogP contribution is 2.20. The van der Waals surface area contributed by atoms with Crippen molar-refractivity contribution < 1.29 is 14.8 Å². The molecule has 1 unspecified atom stereocenters. The Balaban J connectivity index is 3.13. The van der Waals surface area contributed by atoms with Crippen LogP contribution in [0.15, 0.2) is 12.3 Å². The first-order valence-electron chi connectivity index (χ1n) is 4.27. The van der Waals surface area contributed by atoms with Gasteiger partial charge in [0.15, 0.2) is 0 Å². The van der Waals surface area contributed by atoms with Crippen LogP contribution < -0.4 is 0 Å². The number of pyridine rings is 1. The number of hydrogen-bond acceptors (Lipinski definition) is 4. The number of carboxylic acid groups (broad SMARTS) is 1. The lowest BCUT2D eigenvalue weighted by Crippen LogP contribution is -2.11. The molecule has 1 aromatic heterocycles. The van der Waals surface area contributed by atoms with Crippen LogP contribution in [0, 0.1) is 17.0 Å². The molecule has 1 aromatic rings. The van der Waals surface area contributed by atoms with Gasteiger partial charge in [-0.25, -0.2) is 0 Å². The fourth-order valence-electron chi connectivity index (χ4n) is 1.24. The van der Waals surface area contributed by atoms with E-state index >= 15 is 0 Å². The van der Waals surface area contributed by atoms with Crippen LogP contribution in [-0.2, 0) is 4.79 Å². The molecule has 0 saturated heterocycles. The Kier molecular flexibility index (Phi) is 2.99. The third-order valence-corrected chi connectivity index (χ3v) is 2.10. The van der Waals surface area contributed by atoms with Crippen molar-refractivity contribution in [2.45, 2.75) is 19.8 Å². The van der Waals surface area contributed by atoms with Crippen LogP contribution in [-0.4, -0.2) is 21.0 Å². The number of carbonyl (C=O) groups is 1. The number of nitro groups is 1. The van der Waals surface area contributed by atoms with Crippen LogP contribution in [0.4, 0.5) is 5.69 Å². The Morgan fingerprint density at radius 1 is 1.67 bits per heavy atom. The number of nitrogens with zero attached hydrogens (tertiary/aromatic N) is 2. The Hall–Kier alpha value is -1.98. The van der Waals surface area contributed by atoms with Crippen LogP contribution in [0.5, 0.6) is 0 Å². The van der Waals surface area contributed by atoms with Gasteiger partial charge in [0.2, 0.25) is 0 Å². The molecule has 0 bridgehead atoms. The predicted octanol–water partition coefficient (Wildman–Crippen LogP) is 1.49. The Morgan fingerprint density at radius 3 is 2.67 bits per heavy atom. The van der Waals surface area contributed by atoms with Gasteiger partial charge < -0.3 is 5.11 Å². The molecule has 0 spiro atoms. The third kappa shape index (κ3) is 2.28. The number of aromatic nitrogens is 1. The van der Waals surface area contributed by atoms with Gasteiger partial charge in [0.05, 0.1) is 16.5 Å². The first-order chi connectivity index (χ1) is 6.93. The van der Waals surface area contributed by atoms with Gasteiger partial charge >= 0.3 is 5.97 Å². The SMILES string of the molecule is Cc1cc([N+](=O)[O-])cnc1C(C)C(=O)O. The largest absolute Gasteiger partial charge is 0.481 e. The van der Waals surface area contributed by atoms with Crippen molar-refractivity contribution in [3.05, 3.63) is 33.6 Å². The summed E-state index contributed by atoms with van der Waals surface area (Å²) in [6.45, 7) is 3.10. The van der Waals surface area contributed by atoms with Crippen molar-refractivity contribution in [2.24, 2.45) is 0 Å². The summed E-state index contributed by atoms with van der Waals surface area (Å²) in [5.41, 5.74) is 0.737. The summed E-state index contributed by atoms with van der Waals surface area (Å²) in [6, 6.07) is 1.32. The number of hydrogen-bond donors (Lipinski definition) is 1. The summed E-state index contributed by atoms with van der Waals surface area (Å²) in [7, 11) is 0. The van der Waals surface area contributed by atoms with Gasteiger partial charge in [0, 0.05) is 6.07 Å². The van der Waals surface area contributed by atoms with Crippen LogP contribution in [0.25, 0.3) is 0 Å². The summed E-state index contributed by atoms with van der Waals surface area (Å²) < 4.78 is 0. The van der Waals surface area contributed by atoms with Gasteiger partial charge in [0.1, 0.15) is 6.20 Å². The van der Waals surface area contributed by atoms with E-state index in [1.165, 1.54) is 13.0 Å². The normalized spacial score (nSPS) is 12.1. The number of aryl methyl sites for hydroxylation is 1. The second kappa shape index (κ2) is 4.04. The molecule has 0 aliphatic rings. The van der Waals surface area contributed by atoms with Crippen LogP contribution >= 0.6 is 0 Å². The molecule has 1 rings (SSSR count). The van der Waals surface area contributed by atoms with Crippen molar-refractivity contribution in [1.29, 1.82) is 0 Å². The van der Waals surface area contributed by atoms with E-state index in [-0.39, 0.29) is 5.69 Å². The second-order valence-corrected chi connectivity index (χ2v) is 3.21. The molecular formula is C9H10N2O4. The van der Waals surface area contributed by atoms with E-state index in [4.69, 9.17) is 5.11 Å². The highest BCUT2D eigenvalue weighted by Gasteiger charge is 2.19. The summed E-state index contributed by atoms with van der Waals surface area (Å²) in [5.74, 6) is -1.76. The lowest BCUT2D eigenvalue weighted by Gasteiger charge is -2.07. The van der Waals surface area contributed by atoms with Crippen molar-refractivity contribution in [2.75, 3.05) is 0 Å². The van der Waals surface area contributed by atoms with E-state index in [2.05, 4.69) is 4.98 Å². The molecule has 0 radical (unpaired) electrons. The highest BCUT2D eigenvalue weighted by molar-refractivity contribution is 5.75. The zero-order chi connectivity index (χ0) is 11.6. The molecule has 15 heavy (non-hydrogen) atoms. The number of carboxylic acids is 1. The van der Waals surface area contributed by atoms with E-state index < -0.39 is 16.8 Å². The maximum atomic E-state index is 10.7. The van der Waals surface area contributed by atoms with E-state index in [1.54, 1.807) is 6.92 Å². The molecular weight excluding hydrogens is 200 g/mol. The van der Waals surface area contributed by atoms with E-state index in [0.717, 1.165) is 6.20 Å². The molecule has 1 N–H and O–H groups in total. The standard InChI is InChI=1S/C9H10N2O4/c1-5-3-7(11(14)15)4-10-8(5)6(2)9(12)13/h3-4,6H,1-2H3,(H,12,13). The number of aliphatic carboxylic acids is 1. The Bertz CT molecular complexity index is 417. The van der Waals surface area contributed by atoms with Gasteiger partial charge in [-0.15, -0.1) is 0 Å². The van der Waals surface area contributed by atoms with Crippen molar-refractivity contribution in [3.63, 3.8) is 0 Å². The molecule has 1 heterocycles. The fraction of sp³-hybridized carbons (Fsp3) is 0.333. The minimum Gasteiger partial charge on any atom is -0.481 e. The van der Waals surface area contributed by atoms with Gasteiger partial charge in [-0.2, -0.15) is 0 Å². The van der Waals surface area contributed by atoms with Crippen LogP contribution in [0.3, 0.4) is 0 Å². The first-order valence-corrected chi connectivity index (χ1v) is 4.27. The molecule has 0 saturated carbocycles. The van der Waals surface area contributed by atoms with E-state index in [0.29, 0.717) is 11.3 Å². The van der Waals surface area contributed by atoms with Gasteiger partial charge in [-0.05, 0) is 19.4 Å². The summed E-state index contributed by atoms with van der Waals surface area (Å²) in [6.07, 6.45) is 1.07. The molecule has 80 valence electrons. The maximum Gasteiger partial charge on any atom is 0.312 e. The van der Waals surface area contributed by atoms with Crippen molar-refractivity contribution in [3.8, 4) is 0 Å². The van der Waals surface area contributed by atoms with Crippen LogP contribution in [0.2, 0.25) is 0 Å². The Labute approximate surface area is 85.7 Å². The first kappa shape index (κ1) is 11.1. The highest BCUT2D eigenvalue weighted by atomic mass is 16.6. The zero-order valence-electron chi connectivity index (χ0n) is 8.30. The average molecular weight is 210 g/mol. The Morgan fingerprint density at radius 2 is 2.27 bits per heavy atom. The summed E-state index contributed by atoms with van der Waals surface area (Å²) in [4.78, 5) is 24.4. The number of rotatable bonds is 3. The third-order valence-electron chi connectivity index (χ3n) is 2.10. The summed E-state index contributed by atoms with van der Waals surface area (Å²) >= 11 is 0. The monoisotopic (exact) mass is 210 g/mol. The smallest absolute Gasteiger partial charge is 0.312 e. The molecule has 0 fully saturated rings. The predicted molar refractivity (Wildman–Crippen MR) is 51.7 cm³/mol. The molecule has 0 aliphatic carbocycles. The summed E-state index contributed by atoms with van der Waals surface area (Å²) in [5, 5.41) is 19.2. The van der Waals surface area contributed by atoms with Crippen molar-refractivity contribution in [1.82, 2.24) is 4.98 Å².